The summed E-state index contributed by atoms with van der Waals surface area (Å²) >= 11 is 0. The van der Waals surface area contributed by atoms with E-state index in [9.17, 15) is 17.9 Å². The van der Waals surface area contributed by atoms with Gasteiger partial charge >= 0.3 is 0 Å². The maximum atomic E-state index is 14.2. The van der Waals surface area contributed by atoms with Crippen molar-refractivity contribution in [1.82, 2.24) is 14.1 Å². The van der Waals surface area contributed by atoms with Gasteiger partial charge in [-0.15, -0.1) is 0 Å². The summed E-state index contributed by atoms with van der Waals surface area (Å²) in [7, 11) is 1.81. The number of sulfonamides is 1. The third-order valence-corrected chi connectivity index (χ3v) is 8.20. The molecular weight excluding hydrogens is 481 g/mol. The smallest absolute Gasteiger partial charge is 0.247 e. The summed E-state index contributed by atoms with van der Waals surface area (Å²) in [5.41, 5.74) is 1.23. The molecule has 1 aliphatic heterocycles. The van der Waals surface area contributed by atoms with Gasteiger partial charge in [0.2, 0.25) is 10.0 Å². The van der Waals surface area contributed by atoms with E-state index in [1.165, 1.54) is 16.4 Å². The van der Waals surface area contributed by atoms with Gasteiger partial charge in [-0.05, 0) is 52.3 Å². The summed E-state index contributed by atoms with van der Waals surface area (Å²) < 4.78 is 49.1. The van der Waals surface area contributed by atoms with Gasteiger partial charge in [0.05, 0.1) is 13.2 Å². The summed E-state index contributed by atoms with van der Waals surface area (Å²) in [6, 6.07) is 10.9. The standard InChI is InChI=1S/C27H36FN3O4S/c1-20-16-31(21(2)19-32)36(33,34)27-13-12-22(9-8-14-29(3)4)15-25(27)35-26(20)18-30(5)17-23-10-6-7-11-24(23)28/h6-7,10-13,15,20-21,26,32H,14,16-19H2,1-5H3/t20-,21-,26+/m0/s1. The van der Waals surface area contributed by atoms with Crippen LogP contribution in [0.25, 0.3) is 0 Å². The monoisotopic (exact) mass is 517 g/mol. The highest BCUT2D eigenvalue weighted by atomic mass is 32.2. The van der Waals surface area contributed by atoms with Crippen LogP contribution in [0.15, 0.2) is 47.4 Å². The minimum Gasteiger partial charge on any atom is -0.487 e. The molecule has 1 N–H and O–H groups in total. The fourth-order valence-electron chi connectivity index (χ4n) is 4.11. The van der Waals surface area contributed by atoms with E-state index >= 15 is 0 Å². The molecule has 0 spiro atoms. The van der Waals surface area contributed by atoms with Crippen molar-refractivity contribution in [1.29, 1.82) is 0 Å². The fourth-order valence-corrected chi connectivity index (χ4v) is 5.94. The maximum absolute atomic E-state index is 14.2. The average molecular weight is 518 g/mol. The number of hydrogen-bond donors (Lipinski definition) is 1. The first-order valence-electron chi connectivity index (χ1n) is 12.0. The van der Waals surface area contributed by atoms with Crippen LogP contribution in [-0.2, 0) is 16.6 Å². The summed E-state index contributed by atoms with van der Waals surface area (Å²) in [5.74, 6) is 5.90. The Bertz CT molecular complexity index is 1210. The van der Waals surface area contributed by atoms with Crippen LogP contribution < -0.4 is 4.74 Å². The van der Waals surface area contributed by atoms with Crippen LogP contribution in [0.4, 0.5) is 4.39 Å². The first-order chi connectivity index (χ1) is 17.0. The molecule has 36 heavy (non-hydrogen) atoms. The normalized spacial score (nSPS) is 20.6. The number of likely N-dealkylation sites (N-methyl/N-ethyl adjacent to an activating group) is 1. The van der Waals surface area contributed by atoms with Crippen molar-refractivity contribution in [2.45, 2.75) is 37.4 Å². The molecule has 2 aromatic rings. The molecule has 196 valence electrons. The molecule has 3 atom stereocenters. The molecule has 9 heteroatoms. The number of ether oxygens (including phenoxy) is 1. The second kappa shape index (κ2) is 12.2. The Morgan fingerprint density at radius 2 is 1.94 bits per heavy atom. The number of fused-ring (bicyclic) bond motifs is 1. The Kier molecular flexibility index (Phi) is 9.50. The molecule has 0 aromatic heterocycles. The third-order valence-electron chi connectivity index (χ3n) is 6.18. The minimum absolute atomic E-state index is 0.0506. The van der Waals surface area contributed by atoms with Crippen molar-refractivity contribution in [3.8, 4) is 17.6 Å². The molecule has 1 heterocycles. The zero-order chi connectivity index (χ0) is 26.5. The fraction of sp³-hybridized carbons (Fsp3) is 0.481. The van der Waals surface area contributed by atoms with Crippen molar-refractivity contribution in [3.05, 3.63) is 59.4 Å². The van der Waals surface area contributed by atoms with Gasteiger partial charge in [-0.2, -0.15) is 4.31 Å². The van der Waals surface area contributed by atoms with Gasteiger partial charge < -0.3 is 9.84 Å². The quantitative estimate of drug-likeness (QED) is 0.570. The van der Waals surface area contributed by atoms with E-state index in [1.54, 1.807) is 37.3 Å². The highest BCUT2D eigenvalue weighted by Crippen LogP contribution is 2.34. The highest BCUT2D eigenvalue weighted by Gasteiger charge is 2.38. The SMILES string of the molecule is C[C@H]1CN([C@@H](C)CO)S(=O)(=O)c2ccc(C#CCN(C)C)cc2O[C@@H]1CN(C)Cc1ccccc1F. The van der Waals surface area contributed by atoms with Gasteiger partial charge in [0.25, 0.3) is 0 Å². The molecule has 2 aromatic carbocycles. The van der Waals surface area contributed by atoms with Crippen molar-refractivity contribution >= 4 is 10.0 Å². The number of rotatable bonds is 7. The number of hydrogen-bond acceptors (Lipinski definition) is 6. The molecule has 3 rings (SSSR count). The minimum atomic E-state index is -3.91. The first kappa shape index (κ1) is 28.1. The molecular formula is C27H36FN3O4S. The van der Waals surface area contributed by atoms with Crippen molar-refractivity contribution in [2.75, 3.05) is 47.4 Å². The van der Waals surface area contributed by atoms with Crippen LogP contribution in [0.5, 0.6) is 5.75 Å². The molecule has 0 aliphatic carbocycles. The van der Waals surface area contributed by atoms with Crippen molar-refractivity contribution in [2.24, 2.45) is 5.92 Å². The maximum Gasteiger partial charge on any atom is 0.247 e. The lowest BCUT2D eigenvalue weighted by Crippen LogP contribution is -2.49. The largest absolute Gasteiger partial charge is 0.487 e. The summed E-state index contributed by atoms with van der Waals surface area (Å²) in [5, 5.41) is 9.80. The third kappa shape index (κ3) is 6.84. The summed E-state index contributed by atoms with van der Waals surface area (Å²) in [6.45, 7) is 4.91. The van der Waals surface area contributed by atoms with Crippen LogP contribution in [0, 0.1) is 23.6 Å². The van der Waals surface area contributed by atoms with E-state index in [2.05, 4.69) is 11.8 Å². The number of benzene rings is 2. The van der Waals surface area contributed by atoms with Crippen LogP contribution >= 0.6 is 0 Å². The molecule has 0 saturated carbocycles. The van der Waals surface area contributed by atoms with Crippen molar-refractivity contribution in [3.63, 3.8) is 0 Å². The Balaban J connectivity index is 1.97. The summed E-state index contributed by atoms with van der Waals surface area (Å²) in [6.07, 6.45) is -0.380. The van der Waals surface area contributed by atoms with E-state index < -0.39 is 16.1 Å². The van der Waals surface area contributed by atoms with E-state index in [0.29, 0.717) is 30.8 Å². The van der Waals surface area contributed by atoms with Gasteiger partial charge in [0.1, 0.15) is 22.6 Å². The lowest BCUT2D eigenvalue weighted by Gasteiger charge is -2.37. The molecule has 0 bridgehead atoms. The Morgan fingerprint density at radius 3 is 2.61 bits per heavy atom. The van der Waals surface area contributed by atoms with Gasteiger partial charge in [0.15, 0.2) is 0 Å². The van der Waals surface area contributed by atoms with E-state index in [0.717, 1.165) is 0 Å². The van der Waals surface area contributed by atoms with Gasteiger partial charge in [0, 0.05) is 42.7 Å². The zero-order valence-electron chi connectivity index (χ0n) is 21.6. The van der Waals surface area contributed by atoms with Crippen LogP contribution in [0.2, 0.25) is 0 Å². The first-order valence-corrected chi connectivity index (χ1v) is 13.5. The Morgan fingerprint density at radius 1 is 1.22 bits per heavy atom. The van der Waals surface area contributed by atoms with E-state index in [-0.39, 0.29) is 41.6 Å². The lowest BCUT2D eigenvalue weighted by atomic mass is 10.0. The molecule has 1 aliphatic rings. The lowest BCUT2D eigenvalue weighted by molar-refractivity contribution is 0.0731. The topological polar surface area (TPSA) is 73.3 Å². The molecule has 0 amide bonds. The number of nitrogens with zero attached hydrogens (tertiary/aromatic N) is 3. The highest BCUT2D eigenvalue weighted by molar-refractivity contribution is 7.89. The number of aliphatic hydroxyl groups is 1. The van der Waals surface area contributed by atoms with Gasteiger partial charge in [-0.3, -0.25) is 9.80 Å². The van der Waals surface area contributed by atoms with Crippen LogP contribution in [0.3, 0.4) is 0 Å². The van der Waals surface area contributed by atoms with Crippen LogP contribution in [-0.4, -0.2) is 87.2 Å². The predicted octanol–water partition coefficient (Wildman–Crippen LogP) is 2.64. The molecule has 0 saturated heterocycles. The second-order valence-corrected chi connectivity index (χ2v) is 11.6. The van der Waals surface area contributed by atoms with Crippen LogP contribution in [0.1, 0.15) is 25.0 Å². The Hall–Kier alpha value is -2.48. The van der Waals surface area contributed by atoms with Gasteiger partial charge in [-0.1, -0.05) is 37.0 Å². The summed E-state index contributed by atoms with van der Waals surface area (Å²) in [4.78, 5) is 3.96. The van der Waals surface area contributed by atoms with Gasteiger partial charge in [-0.25, -0.2) is 12.8 Å². The molecule has 7 nitrogen and oxygen atoms in total. The van der Waals surface area contributed by atoms with E-state index in [4.69, 9.17) is 4.74 Å². The second-order valence-electron chi connectivity index (χ2n) is 9.73. The number of halogens is 1. The zero-order valence-corrected chi connectivity index (χ0v) is 22.4. The van der Waals surface area contributed by atoms with Crippen molar-refractivity contribution < 1.29 is 22.7 Å². The van der Waals surface area contributed by atoms with E-state index in [1.807, 2.05) is 37.9 Å². The number of aliphatic hydroxyl groups excluding tert-OH is 1. The molecule has 0 radical (unpaired) electrons. The average Bonchev–Trinajstić information content (AvgIpc) is 2.82. The predicted molar refractivity (Wildman–Crippen MR) is 139 cm³/mol. The Labute approximate surface area is 214 Å². The molecule has 0 fully saturated rings. The molecule has 0 unspecified atom stereocenters.